The number of ether oxygens (including phenoxy) is 4. The molecule has 1 saturated heterocycles. The van der Waals surface area contributed by atoms with Gasteiger partial charge in [0, 0.05) is 12.8 Å². The van der Waals surface area contributed by atoms with Gasteiger partial charge in [0.05, 0.1) is 13.2 Å². The van der Waals surface area contributed by atoms with Gasteiger partial charge in [0.1, 0.15) is 31.0 Å². The van der Waals surface area contributed by atoms with Gasteiger partial charge in [-0.15, -0.1) is 0 Å². The van der Waals surface area contributed by atoms with Crippen LogP contribution in [-0.2, 0) is 28.5 Å². The van der Waals surface area contributed by atoms with Gasteiger partial charge in [-0.2, -0.15) is 0 Å². The quantitative estimate of drug-likeness (QED) is 0.0264. The number of rotatable bonds is 48. The van der Waals surface area contributed by atoms with Crippen molar-refractivity contribution in [3.8, 4) is 0 Å². The summed E-state index contributed by atoms with van der Waals surface area (Å²) in [6.07, 6.45) is 47.8. The second kappa shape index (κ2) is 46.9. The van der Waals surface area contributed by atoms with Crippen LogP contribution >= 0.6 is 0 Å². The van der Waals surface area contributed by atoms with Crippen molar-refractivity contribution in [3.63, 3.8) is 0 Å². The summed E-state index contributed by atoms with van der Waals surface area (Å²) in [6, 6.07) is 0. The Balaban J connectivity index is 2.23. The molecule has 10 nitrogen and oxygen atoms in total. The van der Waals surface area contributed by atoms with E-state index in [9.17, 15) is 30.0 Å². The molecule has 66 heavy (non-hydrogen) atoms. The molecule has 2 unspecified atom stereocenters. The van der Waals surface area contributed by atoms with Crippen molar-refractivity contribution in [3.05, 3.63) is 24.3 Å². The van der Waals surface area contributed by atoms with Crippen molar-refractivity contribution in [1.82, 2.24) is 0 Å². The van der Waals surface area contributed by atoms with Crippen LogP contribution in [0.2, 0.25) is 0 Å². The molecule has 0 spiro atoms. The Hall–Kier alpha value is -1.82. The minimum Gasteiger partial charge on any atom is -0.462 e. The Morgan fingerprint density at radius 3 is 1.27 bits per heavy atom. The average molecular weight is 937 g/mol. The summed E-state index contributed by atoms with van der Waals surface area (Å²) >= 11 is 0. The number of allylic oxidation sites excluding steroid dienone is 4. The van der Waals surface area contributed by atoms with Crippen LogP contribution in [0.15, 0.2) is 24.3 Å². The SMILES string of the molecule is CCCCCCCCCCCCCCCC/C=C/CC/C=C/CCCC(=O)OC[C@@H](CO[C@H]1O[C@@H](CO)[C@@H](O)C(O)C1O)OC(=O)CCCCCCCCCCCCCCCCCCCC. The highest BCUT2D eigenvalue weighted by Crippen LogP contribution is 2.23. The zero-order valence-electron chi connectivity index (χ0n) is 42.7. The maximum absolute atomic E-state index is 12.8. The van der Waals surface area contributed by atoms with Crippen molar-refractivity contribution in [2.75, 3.05) is 19.8 Å². The van der Waals surface area contributed by atoms with E-state index in [2.05, 4.69) is 38.2 Å². The monoisotopic (exact) mass is 937 g/mol. The van der Waals surface area contributed by atoms with Crippen molar-refractivity contribution >= 4 is 11.9 Å². The minimum absolute atomic E-state index is 0.219. The van der Waals surface area contributed by atoms with Crippen molar-refractivity contribution in [2.24, 2.45) is 0 Å². The molecule has 0 radical (unpaired) electrons. The highest BCUT2D eigenvalue weighted by atomic mass is 16.7. The number of hydrogen-bond acceptors (Lipinski definition) is 10. The molecule has 388 valence electrons. The van der Waals surface area contributed by atoms with Crippen LogP contribution in [0.1, 0.15) is 264 Å². The normalized spacial score (nSPS) is 19.3. The Labute approximate surface area is 404 Å². The third-order valence-corrected chi connectivity index (χ3v) is 13.1. The summed E-state index contributed by atoms with van der Waals surface area (Å²) in [5.41, 5.74) is 0. The van der Waals surface area contributed by atoms with Crippen LogP contribution in [0.25, 0.3) is 0 Å². The lowest BCUT2D eigenvalue weighted by molar-refractivity contribution is -0.305. The molecular formula is C56H104O10. The largest absolute Gasteiger partial charge is 0.462 e. The van der Waals surface area contributed by atoms with E-state index in [0.717, 1.165) is 44.9 Å². The molecule has 1 fully saturated rings. The van der Waals surface area contributed by atoms with Gasteiger partial charge in [-0.3, -0.25) is 9.59 Å². The fraction of sp³-hybridized carbons (Fsp3) is 0.893. The Morgan fingerprint density at radius 1 is 0.455 bits per heavy atom. The van der Waals surface area contributed by atoms with E-state index in [0.29, 0.717) is 12.8 Å². The summed E-state index contributed by atoms with van der Waals surface area (Å²) < 4.78 is 22.2. The van der Waals surface area contributed by atoms with Gasteiger partial charge in [-0.1, -0.05) is 231 Å². The fourth-order valence-electron chi connectivity index (χ4n) is 8.68. The Kier molecular flexibility index (Phi) is 44.2. The summed E-state index contributed by atoms with van der Waals surface area (Å²) in [5.74, 6) is -0.841. The summed E-state index contributed by atoms with van der Waals surface area (Å²) in [6.45, 7) is 3.44. The van der Waals surface area contributed by atoms with Crippen molar-refractivity contribution < 1.29 is 49.0 Å². The van der Waals surface area contributed by atoms with E-state index in [1.165, 1.54) is 180 Å². The minimum atomic E-state index is -1.60. The van der Waals surface area contributed by atoms with Crippen LogP contribution in [0.3, 0.4) is 0 Å². The highest BCUT2D eigenvalue weighted by Gasteiger charge is 2.44. The molecule has 0 aromatic rings. The van der Waals surface area contributed by atoms with Gasteiger partial charge in [-0.25, -0.2) is 0 Å². The lowest BCUT2D eigenvalue weighted by Crippen LogP contribution is -2.59. The van der Waals surface area contributed by atoms with Gasteiger partial charge < -0.3 is 39.4 Å². The maximum Gasteiger partial charge on any atom is 0.306 e. The van der Waals surface area contributed by atoms with E-state index in [4.69, 9.17) is 18.9 Å². The highest BCUT2D eigenvalue weighted by molar-refractivity contribution is 5.70. The zero-order valence-corrected chi connectivity index (χ0v) is 42.7. The molecule has 0 aromatic heterocycles. The summed E-state index contributed by atoms with van der Waals surface area (Å²) in [4.78, 5) is 25.5. The fourth-order valence-corrected chi connectivity index (χ4v) is 8.68. The summed E-state index contributed by atoms with van der Waals surface area (Å²) in [5, 5.41) is 40.2. The molecule has 1 heterocycles. The van der Waals surface area contributed by atoms with Gasteiger partial charge in [0.25, 0.3) is 0 Å². The molecule has 0 saturated carbocycles. The third kappa shape index (κ3) is 37.1. The number of carbonyl (C=O) groups excluding carboxylic acids is 2. The molecule has 0 bridgehead atoms. The molecule has 0 aromatic carbocycles. The van der Waals surface area contributed by atoms with Gasteiger partial charge in [0.2, 0.25) is 0 Å². The molecule has 4 N–H and O–H groups in total. The maximum atomic E-state index is 12.8. The predicted octanol–water partition coefficient (Wildman–Crippen LogP) is 13.6. The van der Waals surface area contributed by atoms with E-state index < -0.39 is 55.4 Å². The number of carbonyl (C=O) groups is 2. The van der Waals surface area contributed by atoms with Crippen molar-refractivity contribution in [1.29, 1.82) is 0 Å². The molecule has 1 rings (SSSR count). The molecule has 0 aliphatic carbocycles. The summed E-state index contributed by atoms with van der Waals surface area (Å²) in [7, 11) is 0. The smallest absolute Gasteiger partial charge is 0.306 e. The predicted molar refractivity (Wildman–Crippen MR) is 270 cm³/mol. The standard InChI is InChI=1S/C56H104O10/c1-3-5-7-9-11-13-15-17-19-21-23-24-25-26-27-29-30-32-34-36-38-40-42-44-51(58)63-47-49(48-64-56-55(62)54(61)53(60)50(46-57)66-56)65-52(59)45-43-41-39-37-35-33-31-28-22-20-18-16-14-12-10-8-6-4-2/h29-30,36,38,49-50,53-57,60-62H,3-28,31-35,37,39-48H2,1-2H3/b30-29+,38-36+/t49-,50-,53+,54?,55?,56-/m0/s1. The van der Waals surface area contributed by atoms with Crippen LogP contribution in [-0.4, -0.2) is 89.0 Å². The molecule has 6 atom stereocenters. The van der Waals surface area contributed by atoms with E-state index >= 15 is 0 Å². The Morgan fingerprint density at radius 2 is 0.833 bits per heavy atom. The molecule has 1 aliphatic heterocycles. The second-order valence-corrected chi connectivity index (χ2v) is 19.4. The third-order valence-electron chi connectivity index (χ3n) is 13.1. The van der Waals surface area contributed by atoms with Gasteiger partial charge >= 0.3 is 11.9 Å². The first-order valence-electron chi connectivity index (χ1n) is 27.9. The first-order chi connectivity index (χ1) is 32.3. The number of hydrogen-bond donors (Lipinski definition) is 4. The van der Waals surface area contributed by atoms with Gasteiger partial charge in [-0.05, 0) is 44.9 Å². The second-order valence-electron chi connectivity index (χ2n) is 19.4. The van der Waals surface area contributed by atoms with E-state index in [1.54, 1.807) is 0 Å². The van der Waals surface area contributed by atoms with Crippen LogP contribution in [0.5, 0.6) is 0 Å². The number of aliphatic hydroxyl groups excluding tert-OH is 4. The van der Waals surface area contributed by atoms with Crippen molar-refractivity contribution in [2.45, 2.75) is 301 Å². The molecule has 1 aliphatic rings. The Bertz CT molecular complexity index is 1130. The van der Waals surface area contributed by atoms with Crippen LogP contribution < -0.4 is 0 Å². The molecule has 0 amide bonds. The first-order valence-corrected chi connectivity index (χ1v) is 27.9. The topological polar surface area (TPSA) is 152 Å². The van der Waals surface area contributed by atoms with Crippen LogP contribution in [0.4, 0.5) is 0 Å². The number of esters is 2. The molecule has 10 heteroatoms. The molecular weight excluding hydrogens is 833 g/mol. The lowest BCUT2D eigenvalue weighted by atomic mass is 9.99. The average Bonchev–Trinajstić information content (AvgIpc) is 3.32. The number of aliphatic hydroxyl groups is 4. The van der Waals surface area contributed by atoms with Gasteiger partial charge in [0.15, 0.2) is 12.4 Å². The van der Waals surface area contributed by atoms with E-state index in [-0.39, 0.29) is 26.1 Å². The zero-order chi connectivity index (χ0) is 48.0. The lowest BCUT2D eigenvalue weighted by Gasteiger charge is -2.39. The first kappa shape index (κ1) is 62.2. The number of unbranched alkanes of at least 4 members (excludes halogenated alkanes) is 33. The van der Waals surface area contributed by atoms with Crippen LogP contribution in [0, 0.1) is 0 Å². The van der Waals surface area contributed by atoms with E-state index in [1.807, 2.05) is 0 Å².